The highest BCUT2D eigenvalue weighted by molar-refractivity contribution is 5.80. The van der Waals surface area contributed by atoms with Gasteiger partial charge >= 0.3 is 0 Å². The second-order valence-electron chi connectivity index (χ2n) is 5.84. The molecule has 0 radical (unpaired) electrons. The summed E-state index contributed by atoms with van der Waals surface area (Å²) in [5.74, 6) is 1.01. The van der Waals surface area contributed by atoms with Gasteiger partial charge < -0.3 is 4.74 Å². The first-order chi connectivity index (χ1) is 11.3. The minimum atomic E-state index is 0.0542. The Labute approximate surface area is 136 Å². The number of ether oxygens (including phenoxy) is 1. The lowest BCUT2D eigenvalue weighted by Gasteiger charge is -2.13. The van der Waals surface area contributed by atoms with Crippen molar-refractivity contribution in [3.05, 3.63) is 78.4 Å². The van der Waals surface area contributed by atoms with Gasteiger partial charge in [-0.2, -0.15) is 0 Å². The summed E-state index contributed by atoms with van der Waals surface area (Å²) in [4.78, 5) is 0. The summed E-state index contributed by atoms with van der Waals surface area (Å²) in [6, 6.07) is 25.5. The van der Waals surface area contributed by atoms with Crippen LogP contribution < -0.4 is 10.1 Å². The van der Waals surface area contributed by atoms with Crippen molar-refractivity contribution in [1.29, 1.82) is 0 Å². The SMILES string of the molecule is CNC1Cc2cc(-c3ccccc3)cc(-c3ccccc3)c2O1. The van der Waals surface area contributed by atoms with Crippen molar-refractivity contribution in [3.63, 3.8) is 0 Å². The molecule has 114 valence electrons. The number of benzene rings is 3. The average Bonchev–Trinajstić information content (AvgIpc) is 3.05. The van der Waals surface area contributed by atoms with Crippen molar-refractivity contribution in [2.75, 3.05) is 7.05 Å². The average molecular weight is 301 g/mol. The minimum Gasteiger partial charge on any atom is -0.474 e. The van der Waals surface area contributed by atoms with Crippen LogP contribution >= 0.6 is 0 Å². The summed E-state index contributed by atoms with van der Waals surface area (Å²) >= 11 is 0. The van der Waals surface area contributed by atoms with Gasteiger partial charge in [0.2, 0.25) is 0 Å². The van der Waals surface area contributed by atoms with E-state index in [1.54, 1.807) is 0 Å². The fourth-order valence-electron chi connectivity index (χ4n) is 3.15. The molecule has 2 heteroatoms. The van der Waals surface area contributed by atoms with Crippen LogP contribution in [0.1, 0.15) is 5.56 Å². The molecule has 0 saturated carbocycles. The van der Waals surface area contributed by atoms with Crippen LogP contribution in [0.3, 0.4) is 0 Å². The van der Waals surface area contributed by atoms with Gasteiger partial charge in [-0.15, -0.1) is 0 Å². The molecule has 2 nitrogen and oxygen atoms in total. The minimum absolute atomic E-state index is 0.0542. The van der Waals surface area contributed by atoms with Gasteiger partial charge in [-0.3, -0.25) is 5.32 Å². The zero-order chi connectivity index (χ0) is 15.6. The molecule has 0 spiro atoms. The van der Waals surface area contributed by atoms with Crippen molar-refractivity contribution in [2.45, 2.75) is 12.6 Å². The maximum Gasteiger partial charge on any atom is 0.154 e. The molecule has 23 heavy (non-hydrogen) atoms. The Hall–Kier alpha value is -2.58. The van der Waals surface area contributed by atoms with E-state index in [1.807, 2.05) is 13.1 Å². The molecule has 1 heterocycles. The highest BCUT2D eigenvalue weighted by Gasteiger charge is 2.25. The molecule has 1 aliphatic heterocycles. The third-order valence-corrected chi connectivity index (χ3v) is 4.35. The molecule has 3 aromatic carbocycles. The maximum absolute atomic E-state index is 6.12. The first-order valence-electron chi connectivity index (χ1n) is 7.97. The van der Waals surface area contributed by atoms with Gasteiger partial charge in [0.15, 0.2) is 6.23 Å². The molecule has 3 aromatic rings. The third-order valence-electron chi connectivity index (χ3n) is 4.35. The Bertz CT molecular complexity index is 812. The molecule has 1 N–H and O–H groups in total. The lowest BCUT2D eigenvalue weighted by molar-refractivity contribution is 0.204. The smallest absolute Gasteiger partial charge is 0.154 e. The maximum atomic E-state index is 6.12. The zero-order valence-electron chi connectivity index (χ0n) is 13.1. The fourth-order valence-corrected chi connectivity index (χ4v) is 3.15. The molecular formula is C21H19NO. The highest BCUT2D eigenvalue weighted by atomic mass is 16.5. The van der Waals surface area contributed by atoms with E-state index in [0.29, 0.717) is 0 Å². The van der Waals surface area contributed by atoms with E-state index in [1.165, 1.54) is 27.8 Å². The van der Waals surface area contributed by atoms with E-state index in [4.69, 9.17) is 4.74 Å². The molecule has 0 aromatic heterocycles. The molecule has 1 atom stereocenters. The van der Waals surface area contributed by atoms with Crippen LogP contribution in [0.5, 0.6) is 5.75 Å². The van der Waals surface area contributed by atoms with Crippen molar-refractivity contribution in [2.24, 2.45) is 0 Å². The predicted octanol–water partition coefficient (Wildman–Crippen LogP) is 4.50. The molecule has 0 bridgehead atoms. The van der Waals surface area contributed by atoms with Crippen molar-refractivity contribution in [3.8, 4) is 28.0 Å². The van der Waals surface area contributed by atoms with Crippen LogP contribution in [0.2, 0.25) is 0 Å². The molecule has 0 fully saturated rings. The molecule has 1 aliphatic rings. The van der Waals surface area contributed by atoms with Crippen LogP contribution in [0.4, 0.5) is 0 Å². The molecular weight excluding hydrogens is 282 g/mol. The van der Waals surface area contributed by atoms with Gasteiger partial charge in [0.25, 0.3) is 0 Å². The monoisotopic (exact) mass is 301 g/mol. The summed E-state index contributed by atoms with van der Waals surface area (Å²) in [7, 11) is 1.94. The number of likely N-dealkylation sites (N-methyl/N-ethyl adjacent to an activating group) is 1. The quantitative estimate of drug-likeness (QED) is 0.769. The second-order valence-corrected chi connectivity index (χ2v) is 5.84. The second kappa shape index (κ2) is 5.90. The van der Waals surface area contributed by atoms with Gasteiger partial charge in [0.05, 0.1) is 0 Å². The number of fused-ring (bicyclic) bond motifs is 1. The van der Waals surface area contributed by atoms with Crippen molar-refractivity contribution < 1.29 is 4.74 Å². The van der Waals surface area contributed by atoms with Gasteiger partial charge in [0.1, 0.15) is 5.75 Å². The number of hydrogen-bond donors (Lipinski definition) is 1. The van der Waals surface area contributed by atoms with E-state index in [-0.39, 0.29) is 6.23 Å². The van der Waals surface area contributed by atoms with E-state index in [2.05, 4.69) is 72.0 Å². The van der Waals surface area contributed by atoms with E-state index in [9.17, 15) is 0 Å². The molecule has 4 rings (SSSR count). The van der Waals surface area contributed by atoms with Gasteiger partial charge in [-0.25, -0.2) is 0 Å². The molecule has 1 unspecified atom stereocenters. The van der Waals surface area contributed by atoms with Gasteiger partial charge in [-0.05, 0) is 35.9 Å². The topological polar surface area (TPSA) is 21.3 Å². The van der Waals surface area contributed by atoms with Crippen molar-refractivity contribution in [1.82, 2.24) is 5.32 Å². The summed E-state index contributed by atoms with van der Waals surface area (Å²) in [5.41, 5.74) is 6.10. The Balaban J connectivity index is 1.89. The Morgan fingerprint density at radius 1 is 0.826 bits per heavy atom. The molecule has 0 aliphatic carbocycles. The van der Waals surface area contributed by atoms with E-state index in [0.717, 1.165) is 12.2 Å². The lowest BCUT2D eigenvalue weighted by Crippen LogP contribution is -2.29. The summed E-state index contributed by atoms with van der Waals surface area (Å²) in [6.45, 7) is 0. The largest absolute Gasteiger partial charge is 0.474 e. The Kier molecular flexibility index (Phi) is 3.60. The Morgan fingerprint density at radius 2 is 1.48 bits per heavy atom. The zero-order valence-corrected chi connectivity index (χ0v) is 13.1. The van der Waals surface area contributed by atoms with Crippen LogP contribution in [-0.4, -0.2) is 13.3 Å². The van der Waals surface area contributed by atoms with E-state index >= 15 is 0 Å². The molecule has 0 amide bonds. The fraction of sp³-hybridized carbons (Fsp3) is 0.143. The number of rotatable bonds is 3. The van der Waals surface area contributed by atoms with Crippen molar-refractivity contribution >= 4 is 0 Å². The first-order valence-corrected chi connectivity index (χ1v) is 7.97. The summed E-state index contributed by atoms with van der Waals surface area (Å²) in [6.07, 6.45) is 0.949. The highest BCUT2D eigenvalue weighted by Crippen LogP contribution is 2.41. The van der Waals surface area contributed by atoms with Gasteiger partial charge in [0, 0.05) is 17.5 Å². The molecule has 0 saturated heterocycles. The predicted molar refractivity (Wildman–Crippen MR) is 94.5 cm³/mol. The van der Waals surface area contributed by atoms with Gasteiger partial charge in [-0.1, -0.05) is 60.7 Å². The van der Waals surface area contributed by atoms with Crippen LogP contribution in [0, 0.1) is 0 Å². The van der Waals surface area contributed by atoms with E-state index < -0.39 is 0 Å². The lowest BCUT2D eigenvalue weighted by atomic mass is 9.94. The number of nitrogens with one attached hydrogen (secondary N) is 1. The first kappa shape index (κ1) is 14.0. The van der Waals surface area contributed by atoms with Crippen LogP contribution in [-0.2, 0) is 6.42 Å². The van der Waals surface area contributed by atoms with Crippen LogP contribution in [0.25, 0.3) is 22.3 Å². The standard InChI is InChI=1S/C21H19NO/c1-22-20-14-18-12-17(15-8-4-2-5-9-15)13-19(21(18)23-20)16-10-6-3-7-11-16/h2-13,20,22H,14H2,1H3. The summed E-state index contributed by atoms with van der Waals surface area (Å²) < 4.78 is 6.12. The summed E-state index contributed by atoms with van der Waals surface area (Å²) in [5, 5.41) is 3.23. The number of hydrogen-bond acceptors (Lipinski definition) is 2. The van der Waals surface area contributed by atoms with Crippen LogP contribution in [0.15, 0.2) is 72.8 Å². The Morgan fingerprint density at radius 3 is 2.13 bits per heavy atom. The third kappa shape index (κ3) is 2.62. The normalized spacial score (nSPS) is 16.0.